The quantitative estimate of drug-likeness (QED) is 0.237. The van der Waals surface area contributed by atoms with Crippen molar-refractivity contribution in [3.63, 3.8) is 0 Å². The predicted octanol–water partition coefficient (Wildman–Crippen LogP) is 4.43. The highest BCUT2D eigenvalue weighted by Crippen LogP contribution is 2.67. The summed E-state index contributed by atoms with van der Waals surface area (Å²) in [6, 6.07) is 0. The summed E-state index contributed by atoms with van der Waals surface area (Å²) in [7, 11) is 0. The molecular weight excluding hydrogens is 479 g/mol. The second kappa shape index (κ2) is 8.36. The van der Waals surface area contributed by atoms with E-state index in [4.69, 9.17) is 23.7 Å². The van der Waals surface area contributed by atoms with Crippen LogP contribution in [0.3, 0.4) is 0 Å². The van der Waals surface area contributed by atoms with Crippen LogP contribution < -0.4 is 0 Å². The molecule has 2 saturated heterocycles. The van der Waals surface area contributed by atoms with Crippen LogP contribution in [0.1, 0.15) is 38.5 Å². The zero-order chi connectivity index (χ0) is 24.6. The Morgan fingerprint density at radius 2 is 1.80 bits per heavy atom. The lowest BCUT2D eigenvalue weighted by molar-refractivity contribution is -0.518. The maximum absolute atomic E-state index is 14.6. The molecule has 2 aliphatic heterocycles. The molecule has 6 rings (SSSR count). The summed E-state index contributed by atoms with van der Waals surface area (Å²) in [4.78, 5) is 12.9. The van der Waals surface area contributed by atoms with Crippen LogP contribution >= 0.6 is 0 Å². The molecule has 0 amide bonds. The summed E-state index contributed by atoms with van der Waals surface area (Å²) in [5, 5.41) is 0. The van der Waals surface area contributed by atoms with E-state index in [1.165, 1.54) is 0 Å². The number of allylic oxidation sites excluding steroid dienone is 2. The highest BCUT2D eigenvalue weighted by molar-refractivity contribution is 5.73. The van der Waals surface area contributed by atoms with Gasteiger partial charge in [0.2, 0.25) is 0 Å². The molecule has 0 N–H and O–H groups in total. The zero-order valence-corrected chi connectivity index (χ0v) is 19.1. The molecule has 10 atom stereocenters. The van der Waals surface area contributed by atoms with Crippen LogP contribution in [0.5, 0.6) is 0 Å². The Bertz CT molecular complexity index is 873. The molecule has 4 bridgehead atoms. The van der Waals surface area contributed by atoms with Gasteiger partial charge in [-0.05, 0) is 74.0 Å². The predicted molar refractivity (Wildman–Crippen MR) is 108 cm³/mol. The van der Waals surface area contributed by atoms with Crippen molar-refractivity contribution in [1.29, 1.82) is 0 Å². The number of rotatable bonds is 5. The molecule has 6 aliphatic rings. The van der Waals surface area contributed by atoms with E-state index in [0.717, 1.165) is 12.8 Å². The molecule has 3 saturated carbocycles. The highest BCUT2D eigenvalue weighted by atomic mass is 19.4. The molecule has 0 aromatic carbocycles. The fraction of sp³-hybridized carbons (Fsp3) is 0.875. The third-order valence-corrected chi connectivity index (χ3v) is 8.97. The molecule has 0 aromatic rings. The van der Waals surface area contributed by atoms with Gasteiger partial charge in [0.1, 0.15) is 13.2 Å². The topological polar surface area (TPSA) is 63.2 Å². The van der Waals surface area contributed by atoms with E-state index in [1.807, 2.05) is 0 Å². The number of hydrogen-bond acceptors (Lipinski definition) is 6. The summed E-state index contributed by atoms with van der Waals surface area (Å²) in [6.07, 6.45) is -0.501. The smallest absolute Gasteiger partial charge is 0.450 e. The lowest BCUT2D eigenvalue weighted by Gasteiger charge is -2.47. The van der Waals surface area contributed by atoms with E-state index in [1.54, 1.807) is 0 Å². The number of hydrogen-bond donors (Lipinski definition) is 0. The van der Waals surface area contributed by atoms with Gasteiger partial charge in [-0.2, -0.15) is 22.0 Å². The first-order chi connectivity index (χ1) is 16.6. The van der Waals surface area contributed by atoms with Crippen molar-refractivity contribution < 1.29 is 50.4 Å². The Hall–Kier alpha value is -1.30. The van der Waals surface area contributed by atoms with Crippen molar-refractivity contribution in [1.82, 2.24) is 0 Å². The van der Waals surface area contributed by atoms with Gasteiger partial charge in [0.25, 0.3) is 0 Å². The average Bonchev–Trinajstić information content (AvgIpc) is 3.59. The van der Waals surface area contributed by atoms with Crippen LogP contribution in [0.15, 0.2) is 12.2 Å². The Labute approximate surface area is 199 Å². The highest BCUT2D eigenvalue weighted by Gasteiger charge is 2.76. The summed E-state index contributed by atoms with van der Waals surface area (Å²) in [5.74, 6) is -6.88. The minimum Gasteiger partial charge on any atom is -0.460 e. The van der Waals surface area contributed by atoms with Crippen LogP contribution in [0.2, 0.25) is 0 Å². The number of halogens is 5. The number of esters is 1. The Morgan fingerprint density at radius 3 is 2.51 bits per heavy atom. The van der Waals surface area contributed by atoms with Crippen molar-refractivity contribution in [3.8, 4) is 0 Å². The van der Waals surface area contributed by atoms with E-state index in [-0.39, 0.29) is 24.9 Å². The van der Waals surface area contributed by atoms with Crippen LogP contribution in [0.25, 0.3) is 0 Å². The summed E-state index contributed by atoms with van der Waals surface area (Å²) >= 11 is 0. The van der Waals surface area contributed by atoms with E-state index >= 15 is 0 Å². The standard InChI is InChI=1S/C24H29F5O6/c25-22(26)11-33-18(35-23(22,24(27,28)29)34-17-3-1-2-6-31-17)10-32-21(30)16-9-14-8-15(16)20-13-5-4-12(7-13)19(14)20/h4-5,12-20H,1-3,6-11H2. The Kier molecular flexibility index (Phi) is 5.75. The molecule has 6 nitrogen and oxygen atoms in total. The van der Waals surface area contributed by atoms with Gasteiger partial charge in [-0.25, -0.2) is 0 Å². The maximum atomic E-state index is 14.6. The van der Waals surface area contributed by atoms with Gasteiger partial charge in [-0.15, -0.1) is 0 Å². The molecule has 35 heavy (non-hydrogen) atoms. The van der Waals surface area contributed by atoms with Crippen molar-refractivity contribution in [2.75, 3.05) is 19.8 Å². The summed E-state index contributed by atoms with van der Waals surface area (Å²) in [6.45, 7) is -2.21. The first kappa shape index (κ1) is 24.1. The second-order valence-electron chi connectivity index (χ2n) is 10.8. The SMILES string of the molecule is O=C(OCC1OCC(F)(F)C(OC2CCCCO2)(C(F)(F)F)O1)C1CC2CC1C1C3C=CC(C3)C21. The van der Waals surface area contributed by atoms with Gasteiger partial charge in [0, 0.05) is 6.61 Å². The fourth-order valence-electron chi connectivity index (χ4n) is 7.67. The first-order valence-electron chi connectivity index (χ1n) is 12.5. The van der Waals surface area contributed by atoms with E-state index < -0.39 is 49.6 Å². The zero-order valence-electron chi connectivity index (χ0n) is 19.1. The van der Waals surface area contributed by atoms with Crippen LogP contribution in [-0.4, -0.2) is 56.3 Å². The number of carbonyl (C=O) groups is 1. The number of carbonyl (C=O) groups excluding carboxylic acids is 1. The lowest BCUT2D eigenvalue weighted by Crippen LogP contribution is -2.69. The molecule has 10 unspecified atom stereocenters. The first-order valence-corrected chi connectivity index (χ1v) is 12.5. The monoisotopic (exact) mass is 508 g/mol. The fourth-order valence-corrected chi connectivity index (χ4v) is 7.67. The van der Waals surface area contributed by atoms with Gasteiger partial charge in [0.05, 0.1) is 5.92 Å². The molecule has 2 heterocycles. The molecule has 11 heteroatoms. The maximum Gasteiger partial charge on any atom is 0.450 e. The molecular formula is C24H29F5O6. The average molecular weight is 508 g/mol. The number of fused-ring (bicyclic) bond motifs is 9. The molecule has 0 spiro atoms. The Morgan fingerprint density at radius 1 is 1.03 bits per heavy atom. The molecule has 0 radical (unpaired) electrons. The third kappa shape index (κ3) is 3.75. The minimum atomic E-state index is -5.59. The largest absolute Gasteiger partial charge is 0.460 e. The van der Waals surface area contributed by atoms with Gasteiger partial charge >= 0.3 is 23.9 Å². The van der Waals surface area contributed by atoms with Crippen LogP contribution in [-0.2, 0) is 28.5 Å². The molecule has 4 aliphatic carbocycles. The summed E-state index contributed by atoms with van der Waals surface area (Å²) in [5.41, 5.74) is 0. The van der Waals surface area contributed by atoms with Crippen LogP contribution in [0.4, 0.5) is 22.0 Å². The van der Waals surface area contributed by atoms with Crippen molar-refractivity contribution in [3.05, 3.63) is 12.2 Å². The van der Waals surface area contributed by atoms with E-state index in [0.29, 0.717) is 48.9 Å². The minimum absolute atomic E-state index is 0.0290. The molecule has 196 valence electrons. The summed E-state index contributed by atoms with van der Waals surface area (Å²) < 4.78 is 96.1. The number of ether oxygens (including phenoxy) is 5. The van der Waals surface area contributed by atoms with Crippen molar-refractivity contribution in [2.24, 2.45) is 41.4 Å². The molecule has 5 fully saturated rings. The third-order valence-electron chi connectivity index (χ3n) is 8.97. The number of alkyl halides is 5. The van der Waals surface area contributed by atoms with Crippen molar-refractivity contribution in [2.45, 2.75) is 69.0 Å². The molecule has 0 aromatic heterocycles. The van der Waals surface area contributed by atoms with Gasteiger partial charge in [-0.3, -0.25) is 4.79 Å². The lowest BCUT2D eigenvalue weighted by atomic mass is 9.69. The van der Waals surface area contributed by atoms with E-state index in [9.17, 15) is 26.7 Å². The van der Waals surface area contributed by atoms with E-state index in [2.05, 4.69) is 12.2 Å². The van der Waals surface area contributed by atoms with Gasteiger partial charge in [0.15, 0.2) is 12.6 Å². The normalized spacial score (nSPS) is 47.7. The van der Waals surface area contributed by atoms with Crippen molar-refractivity contribution >= 4 is 5.97 Å². The second-order valence-corrected chi connectivity index (χ2v) is 10.8. The van der Waals surface area contributed by atoms with Gasteiger partial charge < -0.3 is 23.7 Å². The van der Waals surface area contributed by atoms with Gasteiger partial charge in [-0.1, -0.05) is 12.2 Å². The Balaban J connectivity index is 1.12. The van der Waals surface area contributed by atoms with Crippen LogP contribution in [0, 0.1) is 41.4 Å².